The zero-order chi connectivity index (χ0) is 14.8. The number of hydrogen-bond donors (Lipinski definition) is 3. The molecule has 0 bridgehead atoms. The van der Waals surface area contributed by atoms with E-state index in [2.05, 4.69) is 17.6 Å². The van der Waals surface area contributed by atoms with E-state index >= 15 is 0 Å². The standard InChI is InChI=1S/C13H22N4O3/c1-9(4-6-14)2-3-10(18)17-7-5-13(8-17)11(19)15-12(20)16-13/h9H,2-8,14H2,1H3,(H2,15,16,19,20). The van der Waals surface area contributed by atoms with Gasteiger partial charge in [-0.1, -0.05) is 6.92 Å². The third kappa shape index (κ3) is 2.92. The van der Waals surface area contributed by atoms with E-state index in [4.69, 9.17) is 5.73 Å². The van der Waals surface area contributed by atoms with Crippen LogP contribution in [-0.2, 0) is 9.59 Å². The summed E-state index contributed by atoms with van der Waals surface area (Å²) in [6.07, 6.45) is 2.66. The average molecular weight is 282 g/mol. The zero-order valence-electron chi connectivity index (χ0n) is 11.8. The fourth-order valence-electron chi connectivity index (χ4n) is 2.79. The molecule has 2 fully saturated rings. The summed E-state index contributed by atoms with van der Waals surface area (Å²) in [4.78, 5) is 36.8. The van der Waals surface area contributed by atoms with Gasteiger partial charge in [-0.15, -0.1) is 0 Å². The summed E-state index contributed by atoms with van der Waals surface area (Å²) in [6, 6.07) is -0.471. The lowest BCUT2D eigenvalue weighted by atomic mass is 9.99. The fourth-order valence-corrected chi connectivity index (χ4v) is 2.79. The van der Waals surface area contributed by atoms with Gasteiger partial charge < -0.3 is 16.0 Å². The highest BCUT2D eigenvalue weighted by Crippen LogP contribution is 2.25. The van der Waals surface area contributed by atoms with Gasteiger partial charge in [-0.2, -0.15) is 0 Å². The van der Waals surface area contributed by atoms with Gasteiger partial charge in [0.15, 0.2) is 0 Å². The highest BCUT2D eigenvalue weighted by molar-refractivity contribution is 6.07. The van der Waals surface area contributed by atoms with Crippen LogP contribution in [0.1, 0.15) is 32.6 Å². The molecule has 4 amide bonds. The Morgan fingerprint density at radius 3 is 2.80 bits per heavy atom. The molecule has 0 aromatic rings. The molecule has 7 nitrogen and oxygen atoms in total. The first-order valence-electron chi connectivity index (χ1n) is 7.08. The summed E-state index contributed by atoms with van der Waals surface area (Å²) >= 11 is 0. The van der Waals surface area contributed by atoms with Crippen molar-refractivity contribution in [2.75, 3.05) is 19.6 Å². The van der Waals surface area contributed by atoms with Crippen molar-refractivity contribution in [1.82, 2.24) is 15.5 Å². The van der Waals surface area contributed by atoms with E-state index in [0.717, 1.165) is 12.8 Å². The monoisotopic (exact) mass is 282 g/mol. The van der Waals surface area contributed by atoms with E-state index < -0.39 is 11.6 Å². The lowest BCUT2D eigenvalue weighted by molar-refractivity contribution is -0.131. The molecular formula is C13H22N4O3. The number of likely N-dealkylation sites (tertiary alicyclic amines) is 1. The molecule has 0 aromatic carbocycles. The Labute approximate surface area is 118 Å². The summed E-state index contributed by atoms with van der Waals surface area (Å²) in [5.74, 6) is 0.143. The van der Waals surface area contributed by atoms with E-state index in [1.165, 1.54) is 0 Å². The van der Waals surface area contributed by atoms with Gasteiger partial charge in [0.05, 0.1) is 6.54 Å². The molecule has 2 aliphatic rings. The second-order valence-electron chi connectivity index (χ2n) is 5.78. The molecule has 2 saturated heterocycles. The molecule has 112 valence electrons. The van der Waals surface area contributed by atoms with Crippen LogP contribution in [0.4, 0.5) is 4.79 Å². The number of carbonyl (C=O) groups is 3. The maximum atomic E-state index is 12.1. The Balaban J connectivity index is 1.85. The van der Waals surface area contributed by atoms with Gasteiger partial charge in [-0.25, -0.2) is 4.79 Å². The van der Waals surface area contributed by atoms with Crippen LogP contribution in [0.25, 0.3) is 0 Å². The van der Waals surface area contributed by atoms with Crippen molar-refractivity contribution in [3.8, 4) is 0 Å². The summed E-state index contributed by atoms with van der Waals surface area (Å²) in [6.45, 7) is 3.50. The summed E-state index contributed by atoms with van der Waals surface area (Å²) in [7, 11) is 0. The minimum absolute atomic E-state index is 0.0414. The summed E-state index contributed by atoms with van der Waals surface area (Å²) < 4.78 is 0. The van der Waals surface area contributed by atoms with Crippen LogP contribution in [0.2, 0.25) is 0 Å². The zero-order valence-corrected chi connectivity index (χ0v) is 11.8. The van der Waals surface area contributed by atoms with Crippen LogP contribution in [0.15, 0.2) is 0 Å². The molecule has 0 aliphatic carbocycles. The smallest absolute Gasteiger partial charge is 0.322 e. The Morgan fingerprint density at radius 2 is 2.20 bits per heavy atom. The number of carbonyl (C=O) groups excluding carboxylic acids is 3. The Bertz CT molecular complexity index is 426. The number of nitrogens with zero attached hydrogens (tertiary/aromatic N) is 1. The van der Waals surface area contributed by atoms with Crippen molar-refractivity contribution >= 4 is 17.8 Å². The van der Waals surface area contributed by atoms with E-state index in [0.29, 0.717) is 31.8 Å². The molecule has 7 heteroatoms. The Hall–Kier alpha value is -1.63. The van der Waals surface area contributed by atoms with Gasteiger partial charge in [-0.3, -0.25) is 14.9 Å². The molecule has 0 radical (unpaired) electrons. The fraction of sp³-hybridized carbons (Fsp3) is 0.769. The van der Waals surface area contributed by atoms with Crippen LogP contribution in [0.5, 0.6) is 0 Å². The van der Waals surface area contributed by atoms with Gasteiger partial charge >= 0.3 is 6.03 Å². The molecule has 20 heavy (non-hydrogen) atoms. The molecule has 0 saturated carbocycles. The van der Waals surface area contributed by atoms with Crippen molar-refractivity contribution in [1.29, 1.82) is 0 Å². The van der Waals surface area contributed by atoms with Crippen LogP contribution in [0, 0.1) is 5.92 Å². The predicted molar refractivity (Wildman–Crippen MR) is 72.7 cm³/mol. The number of nitrogens with one attached hydrogen (secondary N) is 2. The molecule has 0 aromatic heterocycles. The second kappa shape index (κ2) is 5.78. The minimum Gasteiger partial charge on any atom is -0.340 e. The van der Waals surface area contributed by atoms with Crippen molar-refractivity contribution < 1.29 is 14.4 Å². The van der Waals surface area contributed by atoms with Crippen molar-refractivity contribution in [2.45, 2.75) is 38.1 Å². The van der Waals surface area contributed by atoms with E-state index in [9.17, 15) is 14.4 Å². The third-order valence-corrected chi connectivity index (χ3v) is 4.15. The molecule has 2 atom stereocenters. The maximum Gasteiger partial charge on any atom is 0.322 e. The summed E-state index contributed by atoms with van der Waals surface area (Å²) in [5, 5.41) is 4.87. The average Bonchev–Trinajstić information content (AvgIpc) is 2.92. The van der Waals surface area contributed by atoms with Gasteiger partial charge in [0.25, 0.3) is 5.91 Å². The number of nitrogens with two attached hydrogens (primary N) is 1. The Kier molecular flexibility index (Phi) is 4.27. The molecule has 4 N–H and O–H groups in total. The van der Waals surface area contributed by atoms with Gasteiger partial charge in [-0.05, 0) is 31.7 Å². The van der Waals surface area contributed by atoms with E-state index in [1.807, 2.05) is 0 Å². The van der Waals surface area contributed by atoms with Crippen molar-refractivity contribution in [3.63, 3.8) is 0 Å². The van der Waals surface area contributed by atoms with Crippen LogP contribution < -0.4 is 16.4 Å². The van der Waals surface area contributed by atoms with Gasteiger partial charge in [0, 0.05) is 13.0 Å². The van der Waals surface area contributed by atoms with Gasteiger partial charge in [0.2, 0.25) is 5.91 Å². The SMILES string of the molecule is CC(CCN)CCC(=O)N1CCC2(C1)NC(=O)NC2=O. The number of imide groups is 1. The number of urea groups is 1. The molecule has 2 heterocycles. The molecule has 2 aliphatic heterocycles. The van der Waals surface area contributed by atoms with Crippen molar-refractivity contribution in [2.24, 2.45) is 11.7 Å². The molecular weight excluding hydrogens is 260 g/mol. The normalized spacial score (nSPS) is 26.8. The number of hydrogen-bond acceptors (Lipinski definition) is 4. The van der Waals surface area contributed by atoms with E-state index in [1.54, 1.807) is 4.90 Å². The van der Waals surface area contributed by atoms with Crippen LogP contribution in [0.3, 0.4) is 0 Å². The largest absolute Gasteiger partial charge is 0.340 e. The van der Waals surface area contributed by atoms with Crippen LogP contribution in [-0.4, -0.2) is 47.9 Å². The number of rotatable bonds is 5. The quantitative estimate of drug-likeness (QED) is 0.595. The van der Waals surface area contributed by atoms with Crippen LogP contribution >= 0.6 is 0 Å². The molecule has 2 unspecified atom stereocenters. The lowest BCUT2D eigenvalue weighted by Gasteiger charge is -2.21. The first-order chi connectivity index (χ1) is 9.47. The van der Waals surface area contributed by atoms with Crippen molar-refractivity contribution in [3.05, 3.63) is 0 Å². The molecule has 1 spiro atoms. The number of amides is 4. The van der Waals surface area contributed by atoms with E-state index in [-0.39, 0.29) is 18.4 Å². The minimum atomic E-state index is -0.907. The lowest BCUT2D eigenvalue weighted by Crippen LogP contribution is -2.49. The third-order valence-electron chi connectivity index (χ3n) is 4.15. The highest BCUT2D eigenvalue weighted by atomic mass is 16.2. The summed E-state index contributed by atoms with van der Waals surface area (Å²) in [5.41, 5.74) is 4.58. The highest BCUT2D eigenvalue weighted by Gasteiger charge is 2.51. The second-order valence-corrected chi connectivity index (χ2v) is 5.78. The van der Waals surface area contributed by atoms with Gasteiger partial charge in [0.1, 0.15) is 5.54 Å². The maximum absolute atomic E-state index is 12.1. The molecule has 2 rings (SSSR count). The first-order valence-corrected chi connectivity index (χ1v) is 7.08. The predicted octanol–water partition coefficient (Wildman–Crippen LogP) is -0.438. The topological polar surface area (TPSA) is 105 Å². The first kappa shape index (κ1) is 14.8. The Morgan fingerprint density at radius 1 is 1.45 bits per heavy atom.